The van der Waals surface area contributed by atoms with E-state index < -0.39 is 17.8 Å². The fraction of sp³-hybridized carbons (Fsp3) is 0. The van der Waals surface area contributed by atoms with E-state index in [9.17, 15) is 14.4 Å². The van der Waals surface area contributed by atoms with Gasteiger partial charge in [0.15, 0.2) is 0 Å². The van der Waals surface area contributed by atoms with Crippen LogP contribution in [0.1, 0.15) is 27.0 Å². The second-order valence-electron chi connectivity index (χ2n) is 8.32. The lowest BCUT2D eigenvalue weighted by Gasteiger charge is -2.07. The minimum Gasteiger partial charge on any atom is -0.423 e. The molecule has 4 rings (SSSR count). The van der Waals surface area contributed by atoms with Gasteiger partial charge in [-0.25, -0.2) is 15.0 Å². The minimum atomic E-state index is -0.673. The lowest BCUT2D eigenvalue weighted by atomic mass is 10.2. The van der Waals surface area contributed by atoms with Crippen molar-refractivity contribution in [2.24, 2.45) is 5.10 Å². The van der Waals surface area contributed by atoms with Gasteiger partial charge in [-0.05, 0) is 54.1 Å². The van der Waals surface area contributed by atoms with E-state index in [0.717, 1.165) is 5.56 Å². The summed E-state index contributed by atoms with van der Waals surface area (Å²) < 4.78 is 10.9. The molecule has 41 heavy (non-hydrogen) atoms. The maximum absolute atomic E-state index is 12.6. The summed E-state index contributed by atoms with van der Waals surface area (Å²) in [6.07, 6.45) is 7.02. The first-order chi connectivity index (χ1) is 19.9. The Kier molecular flexibility index (Phi) is 10.2. The second-order valence-corrected chi connectivity index (χ2v) is 9.16. The highest BCUT2D eigenvalue weighted by Crippen LogP contribution is 2.22. The molecule has 0 heterocycles. The molecule has 0 radical (unpaired) electrons. The average Bonchev–Trinajstić information content (AvgIpc) is 2.97. The Bertz CT molecular complexity index is 1650. The van der Waals surface area contributed by atoms with Gasteiger partial charge in [-0.15, -0.1) is 0 Å². The first-order valence-electron chi connectivity index (χ1n) is 12.2. The van der Waals surface area contributed by atoms with E-state index in [4.69, 9.17) is 32.7 Å². The van der Waals surface area contributed by atoms with Crippen LogP contribution in [0.2, 0.25) is 10.0 Å². The fourth-order valence-electron chi connectivity index (χ4n) is 3.46. The zero-order valence-corrected chi connectivity index (χ0v) is 22.9. The smallest absolute Gasteiger partial charge is 0.336 e. The summed E-state index contributed by atoms with van der Waals surface area (Å²) in [6, 6.07) is 27.3. The lowest BCUT2D eigenvalue weighted by Crippen LogP contribution is -2.18. The molecule has 0 aliphatic rings. The number of hydrogen-bond donors (Lipinski definition) is 1. The van der Waals surface area contributed by atoms with Crippen molar-refractivity contribution >= 4 is 59.4 Å². The van der Waals surface area contributed by atoms with Crippen LogP contribution in [0.5, 0.6) is 11.5 Å². The number of esters is 2. The molecule has 0 fully saturated rings. The molecular formula is C32H22Cl2N2O5. The molecule has 0 spiro atoms. The number of hydrazone groups is 1. The third-order valence-corrected chi connectivity index (χ3v) is 5.96. The first kappa shape index (κ1) is 29.0. The molecule has 4 aromatic carbocycles. The largest absolute Gasteiger partial charge is 0.423 e. The first-order valence-corrected chi connectivity index (χ1v) is 13.0. The van der Waals surface area contributed by atoms with Crippen LogP contribution in [0.3, 0.4) is 0 Å². The zero-order valence-electron chi connectivity index (χ0n) is 21.4. The van der Waals surface area contributed by atoms with Gasteiger partial charge in [0.05, 0.1) is 16.8 Å². The zero-order chi connectivity index (χ0) is 29.0. The number of nitrogens with zero attached hydrogens (tertiary/aromatic N) is 1. The number of benzene rings is 4. The predicted octanol–water partition coefficient (Wildman–Crippen LogP) is 6.99. The van der Waals surface area contributed by atoms with E-state index >= 15 is 0 Å². The second kappa shape index (κ2) is 14.4. The van der Waals surface area contributed by atoms with Crippen molar-refractivity contribution in [2.75, 3.05) is 0 Å². The van der Waals surface area contributed by atoms with Gasteiger partial charge < -0.3 is 9.47 Å². The number of carbonyl (C=O) groups excluding carboxylic acids is 3. The molecule has 0 unspecified atom stereocenters. The van der Waals surface area contributed by atoms with Crippen molar-refractivity contribution in [1.29, 1.82) is 0 Å². The molecule has 0 aliphatic heterocycles. The Morgan fingerprint density at radius 3 is 1.95 bits per heavy atom. The number of nitrogens with one attached hydrogen (secondary N) is 1. The Balaban J connectivity index is 1.38. The molecule has 1 N–H and O–H groups in total. The number of para-hydroxylation sites is 2. The molecule has 0 aromatic heterocycles. The maximum Gasteiger partial charge on any atom is 0.336 e. The summed E-state index contributed by atoms with van der Waals surface area (Å²) in [6.45, 7) is 0. The SMILES string of the molecule is O=C(/C=C/c1ccccc1)Oc1ccccc1/C=C/C(=O)Oc1ccccc1/C=N/NC(=O)c1ccc(Cl)cc1Cl. The van der Waals surface area contributed by atoms with Crippen LogP contribution in [-0.4, -0.2) is 24.1 Å². The summed E-state index contributed by atoms with van der Waals surface area (Å²) in [5.74, 6) is -1.27. The van der Waals surface area contributed by atoms with E-state index in [0.29, 0.717) is 16.1 Å². The Morgan fingerprint density at radius 1 is 0.683 bits per heavy atom. The third-order valence-electron chi connectivity index (χ3n) is 5.42. The van der Waals surface area contributed by atoms with E-state index in [-0.39, 0.29) is 22.1 Å². The van der Waals surface area contributed by atoms with Crippen molar-refractivity contribution in [3.05, 3.63) is 142 Å². The number of ether oxygens (including phenoxy) is 2. The molecule has 0 atom stereocenters. The molecule has 0 aliphatic carbocycles. The highest BCUT2D eigenvalue weighted by molar-refractivity contribution is 6.36. The van der Waals surface area contributed by atoms with Gasteiger partial charge in [-0.2, -0.15) is 5.10 Å². The summed E-state index contributed by atoms with van der Waals surface area (Å²) in [7, 11) is 0. The van der Waals surface area contributed by atoms with Crippen molar-refractivity contribution in [3.8, 4) is 11.5 Å². The summed E-state index contributed by atoms with van der Waals surface area (Å²) >= 11 is 11.9. The summed E-state index contributed by atoms with van der Waals surface area (Å²) in [5.41, 5.74) is 4.39. The van der Waals surface area contributed by atoms with E-state index in [1.165, 1.54) is 36.6 Å². The van der Waals surface area contributed by atoms with E-state index in [2.05, 4.69) is 10.5 Å². The summed E-state index contributed by atoms with van der Waals surface area (Å²) in [4.78, 5) is 37.3. The van der Waals surface area contributed by atoms with Gasteiger partial charge in [0.25, 0.3) is 5.91 Å². The number of carbonyl (C=O) groups is 3. The van der Waals surface area contributed by atoms with Crippen molar-refractivity contribution < 1.29 is 23.9 Å². The van der Waals surface area contributed by atoms with Crippen LogP contribution >= 0.6 is 23.2 Å². The van der Waals surface area contributed by atoms with Crippen molar-refractivity contribution in [3.63, 3.8) is 0 Å². The highest BCUT2D eigenvalue weighted by Gasteiger charge is 2.11. The molecule has 7 nitrogen and oxygen atoms in total. The monoisotopic (exact) mass is 584 g/mol. The molecule has 1 amide bonds. The molecule has 0 saturated heterocycles. The number of rotatable bonds is 9. The van der Waals surface area contributed by atoms with Crippen LogP contribution in [0.15, 0.2) is 114 Å². The third kappa shape index (κ3) is 8.76. The van der Waals surface area contributed by atoms with Gasteiger partial charge in [0.2, 0.25) is 0 Å². The van der Waals surface area contributed by atoms with Gasteiger partial charge in [-0.1, -0.05) is 83.9 Å². The Hall–Kier alpha value is -4.98. The molecule has 0 saturated carbocycles. The van der Waals surface area contributed by atoms with Gasteiger partial charge >= 0.3 is 11.9 Å². The quantitative estimate of drug-likeness (QED) is 0.0751. The maximum atomic E-state index is 12.6. The average molecular weight is 585 g/mol. The van der Waals surface area contributed by atoms with Crippen molar-refractivity contribution in [2.45, 2.75) is 0 Å². The van der Waals surface area contributed by atoms with Gasteiger partial charge in [-0.3, -0.25) is 4.79 Å². The van der Waals surface area contributed by atoms with Crippen LogP contribution in [0.25, 0.3) is 12.2 Å². The van der Waals surface area contributed by atoms with E-state index in [1.54, 1.807) is 60.7 Å². The van der Waals surface area contributed by atoms with Crippen molar-refractivity contribution in [1.82, 2.24) is 5.43 Å². The van der Waals surface area contributed by atoms with Gasteiger partial charge in [0.1, 0.15) is 11.5 Å². The normalized spacial score (nSPS) is 11.2. The van der Waals surface area contributed by atoms with E-state index in [1.807, 2.05) is 30.3 Å². The van der Waals surface area contributed by atoms with Crippen LogP contribution in [-0.2, 0) is 9.59 Å². The topological polar surface area (TPSA) is 94.1 Å². The summed E-state index contributed by atoms with van der Waals surface area (Å²) in [5, 5.41) is 4.53. The van der Waals surface area contributed by atoms with Gasteiger partial charge in [0, 0.05) is 28.3 Å². The minimum absolute atomic E-state index is 0.186. The lowest BCUT2D eigenvalue weighted by molar-refractivity contribution is -0.129. The molecule has 4 aromatic rings. The fourth-order valence-corrected chi connectivity index (χ4v) is 3.95. The van der Waals surface area contributed by atoms with Crippen LogP contribution < -0.4 is 14.9 Å². The number of amides is 1. The highest BCUT2D eigenvalue weighted by atomic mass is 35.5. The Labute approximate surface area is 246 Å². The predicted molar refractivity (Wildman–Crippen MR) is 160 cm³/mol. The molecule has 0 bridgehead atoms. The van der Waals surface area contributed by atoms with Crippen LogP contribution in [0.4, 0.5) is 0 Å². The molecule has 9 heteroatoms. The molecule has 204 valence electrons. The van der Waals surface area contributed by atoms with Crippen LogP contribution in [0, 0.1) is 0 Å². The number of hydrogen-bond acceptors (Lipinski definition) is 6. The Morgan fingerprint density at radius 2 is 1.27 bits per heavy atom. The number of halogens is 2. The molecular weight excluding hydrogens is 563 g/mol. The standard InChI is InChI=1S/C32H22Cl2N2O5/c33-25-16-17-26(27(34)20-25)32(39)36-35-21-24-11-5-7-13-29(24)41-31(38)19-15-23-10-4-6-12-28(23)40-30(37)18-14-22-8-2-1-3-9-22/h1-21H,(H,36,39)/b18-14+,19-15+,35-21+.